The molecule has 1 fully saturated rings. The summed E-state index contributed by atoms with van der Waals surface area (Å²) in [6.45, 7) is 2.36. The number of nitrogens with one attached hydrogen (secondary N) is 2. The van der Waals surface area contributed by atoms with Crippen LogP contribution in [0.3, 0.4) is 0 Å². The highest BCUT2D eigenvalue weighted by molar-refractivity contribution is 7.14. The molecule has 4 amide bonds. The van der Waals surface area contributed by atoms with Crippen LogP contribution in [0, 0.1) is 0 Å². The van der Waals surface area contributed by atoms with Crippen LogP contribution in [0.4, 0.5) is 9.93 Å². The maximum Gasteiger partial charge on any atom is 0.357 e. The Hall–Kier alpha value is -3.55. The zero-order valence-corrected chi connectivity index (χ0v) is 20.4. The third-order valence-electron chi connectivity index (χ3n) is 5.23. The standard InChI is InChI=1S/C22H26N4O8S/c1-12(32-3)17(18(27)25-21-23-15(11-35-21)20(29)33-4)26-19(28)16(24-22(26)30)13-5-7-14(8-6-13)34-10-9-31-2/h5-8,11-12,16-17H,9-10H2,1-4H3,(H,24,30)(H,23,25,27)/t12-,16-,17?/m1/s1. The lowest BCUT2D eigenvalue weighted by Crippen LogP contribution is -2.53. The molecule has 1 aliphatic heterocycles. The zero-order valence-electron chi connectivity index (χ0n) is 19.6. The van der Waals surface area contributed by atoms with Crippen molar-refractivity contribution in [2.75, 3.05) is 39.9 Å². The summed E-state index contributed by atoms with van der Waals surface area (Å²) in [6, 6.07) is 3.66. The number of urea groups is 1. The van der Waals surface area contributed by atoms with Gasteiger partial charge in [-0.15, -0.1) is 11.3 Å². The summed E-state index contributed by atoms with van der Waals surface area (Å²) in [7, 11) is 4.15. The third kappa shape index (κ3) is 5.93. The second-order valence-corrected chi connectivity index (χ2v) is 8.26. The second-order valence-electron chi connectivity index (χ2n) is 7.41. The molecular weight excluding hydrogens is 480 g/mol. The van der Waals surface area contributed by atoms with Crippen LogP contribution in [0.2, 0.25) is 0 Å². The number of aromatic nitrogens is 1. The average Bonchev–Trinajstić information content (AvgIpc) is 3.44. The van der Waals surface area contributed by atoms with E-state index in [2.05, 4.69) is 20.4 Å². The Labute approximate surface area is 205 Å². The normalized spacial score (nSPS) is 17.0. The molecule has 0 bridgehead atoms. The summed E-state index contributed by atoms with van der Waals surface area (Å²) in [5.41, 5.74) is 0.547. The van der Waals surface area contributed by atoms with Gasteiger partial charge in [-0.3, -0.25) is 9.59 Å². The molecule has 0 saturated carbocycles. The van der Waals surface area contributed by atoms with Crippen molar-refractivity contribution in [1.29, 1.82) is 0 Å². The maximum atomic E-state index is 13.2. The first-order valence-corrected chi connectivity index (χ1v) is 11.4. The minimum absolute atomic E-state index is 0.0221. The van der Waals surface area contributed by atoms with Crippen molar-refractivity contribution in [3.8, 4) is 5.75 Å². The van der Waals surface area contributed by atoms with E-state index in [1.54, 1.807) is 38.3 Å². The predicted molar refractivity (Wildman–Crippen MR) is 124 cm³/mol. The first kappa shape index (κ1) is 26.1. The summed E-state index contributed by atoms with van der Waals surface area (Å²) >= 11 is 1.000. The summed E-state index contributed by atoms with van der Waals surface area (Å²) in [5.74, 6) is -1.38. The van der Waals surface area contributed by atoms with Gasteiger partial charge >= 0.3 is 12.0 Å². The van der Waals surface area contributed by atoms with E-state index in [1.165, 1.54) is 19.6 Å². The van der Waals surface area contributed by atoms with Gasteiger partial charge in [0.2, 0.25) is 0 Å². The number of hydrogen-bond donors (Lipinski definition) is 2. The number of esters is 1. The van der Waals surface area contributed by atoms with Crippen LogP contribution in [0.1, 0.15) is 29.0 Å². The predicted octanol–water partition coefficient (Wildman–Crippen LogP) is 1.59. The van der Waals surface area contributed by atoms with Crippen molar-refractivity contribution < 1.29 is 38.1 Å². The van der Waals surface area contributed by atoms with Gasteiger partial charge in [0.05, 0.1) is 19.8 Å². The SMILES string of the molecule is COCCOc1ccc([C@H]2NC(=O)N(C(C(=O)Nc3nc(C(=O)OC)cs3)[C@@H](C)OC)C2=O)cc1. The van der Waals surface area contributed by atoms with Gasteiger partial charge < -0.3 is 29.6 Å². The molecule has 0 aliphatic carbocycles. The average molecular weight is 507 g/mol. The van der Waals surface area contributed by atoms with Crippen LogP contribution < -0.4 is 15.4 Å². The summed E-state index contributed by atoms with van der Waals surface area (Å²) in [5, 5.41) is 6.68. The first-order valence-electron chi connectivity index (χ1n) is 10.5. The maximum absolute atomic E-state index is 13.2. The number of ether oxygens (including phenoxy) is 4. The van der Waals surface area contributed by atoms with Crippen LogP contribution in [-0.2, 0) is 23.8 Å². The van der Waals surface area contributed by atoms with Gasteiger partial charge in [0.15, 0.2) is 10.8 Å². The number of thiazole rings is 1. The Balaban J connectivity index is 1.77. The number of imide groups is 1. The molecule has 0 radical (unpaired) electrons. The van der Waals surface area contributed by atoms with E-state index < -0.39 is 42.0 Å². The molecule has 1 aromatic carbocycles. The highest BCUT2D eigenvalue weighted by Crippen LogP contribution is 2.27. The zero-order chi connectivity index (χ0) is 25.5. The largest absolute Gasteiger partial charge is 0.491 e. The lowest BCUT2D eigenvalue weighted by molar-refractivity contribution is -0.137. The van der Waals surface area contributed by atoms with Gasteiger partial charge in [-0.2, -0.15) is 0 Å². The van der Waals surface area contributed by atoms with E-state index in [9.17, 15) is 19.2 Å². The highest BCUT2D eigenvalue weighted by Gasteiger charge is 2.47. The van der Waals surface area contributed by atoms with Gasteiger partial charge in [-0.25, -0.2) is 19.5 Å². The Morgan fingerprint density at radius 1 is 1.17 bits per heavy atom. The molecule has 1 saturated heterocycles. The molecule has 1 aliphatic rings. The fraction of sp³-hybridized carbons (Fsp3) is 0.409. The molecule has 13 heteroatoms. The lowest BCUT2D eigenvalue weighted by atomic mass is 10.1. The van der Waals surface area contributed by atoms with Gasteiger partial charge in [-0.05, 0) is 24.6 Å². The van der Waals surface area contributed by atoms with E-state index in [1.807, 2.05) is 0 Å². The molecule has 2 aromatic rings. The first-order chi connectivity index (χ1) is 16.8. The minimum atomic E-state index is -1.29. The van der Waals surface area contributed by atoms with E-state index >= 15 is 0 Å². The Bertz CT molecular complexity index is 1070. The van der Waals surface area contributed by atoms with Crippen LogP contribution in [0.15, 0.2) is 29.6 Å². The number of carbonyl (C=O) groups is 4. The minimum Gasteiger partial charge on any atom is -0.491 e. The van der Waals surface area contributed by atoms with Gasteiger partial charge in [0.1, 0.15) is 24.4 Å². The summed E-state index contributed by atoms with van der Waals surface area (Å²) in [6.07, 6.45) is -0.833. The van der Waals surface area contributed by atoms with E-state index in [0.29, 0.717) is 24.5 Å². The molecule has 188 valence electrons. The van der Waals surface area contributed by atoms with Gasteiger partial charge in [0.25, 0.3) is 11.8 Å². The van der Waals surface area contributed by atoms with Gasteiger partial charge in [0, 0.05) is 19.6 Å². The van der Waals surface area contributed by atoms with E-state index in [4.69, 9.17) is 14.2 Å². The van der Waals surface area contributed by atoms with Crippen LogP contribution >= 0.6 is 11.3 Å². The highest BCUT2D eigenvalue weighted by atomic mass is 32.1. The number of methoxy groups -OCH3 is 3. The Morgan fingerprint density at radius 3 is 2.51 bits per heavy atom. The van der Waals surface area contributed by atoms with Crippen LogP contribution in [0.5, 0.6) is 5.75 Å². The summed E-state index contributed by atoms with van der Waals surface area (Å²) < 4.78 is 20.4. The molecule has 2 heterocycles. The quantitative estimate of drug-likeness (QED) is 0.264. The molecule has 3 atom stereocenters. The molecule has 35 heavy (non-hydrogen) atoms. The number of amides is 4. The van der Waals surface area contributed by atoms with Crippen molar-refractivity contribution in [2.45, 2.75) is 25.1 Å². The van der Waals surface area contributed by atoms with Crippen molar-refractivity contribution >= 4 is 40.3 Å². The van der Waals surface area contributed by atoms with E-state index in [0.717, 1.165) is 16.2 Å². The van der Waals surface area contributed by atoms with Crippen molar-refractivity contribution in [3.63, 3.8) is 0 Å². The number of carbonyl (C=O) groups excluding carboxylic acids is 4. The molecular formula is C22H26N4O8S. The number of anilines is 1. The molecule has 0 spiro atoms. The molecule has 3 rings (SSSR count). The monoisotopic (exact) mass is 506 g/mol. The van der Waals surface area contributed by atoms with Crippen molar-refractivity contribution in [1.82, 2.24) is 15.2 Å². The molecule has 1 aromatic heterocycles. The number of hydrogen-bond acceptors (Lipinski definition) is 10. The van der Waals surface area contributed by atoms with Crippen LogP contribution in [0.25, 0.3) is 0 Å². The number of rotatable bonds is 11. The Kier molecular flexibility index (Phi) is 8.73. The van der Waals surface area contributed by atoms with Gasteiger partial charge in [-0.1, -0.05) is 12.1 Å². The molecule has 1 unspecified atom stereocenters. The fourth-order valence-electron chi connectivity index (χ4n) is 3.36. The third-order valence-corrected chi connectivity index (χ3v) is 5.99. The van der Waals surface area contributed by atoms with Crippen molar-refractivity contribution in [3.05, 3.63) is 40.9 Å². The molecule has 12 nitrogen and oxygen atoms in total. The Morgan fingerprint density at radius 2 is 1.89 bits per heavy atom. The lowest BCUT2D eigenvalue weighted by Gasteiger charge is -2.28. The fourth-order valence-corrected chi connectivity index (χ4v) is 4.04. The number of nitrogens with zero attached hydrogens (tertiary/aromatic N) is 2. The van der Waals surface area contributed by atoms with Crippen LogP contribution in [-0.4, -0.2) is 80.4 Å². The summed E-state index contributed by atoms with van der Waals surface area (Å²) in [4.78, 5) is 55.6. The molecule has 2 N–H and O–H groups in total. The second kappa shape index (κ2) is 11.7. The van der Waals surface area contributed by atoms with Crippen molar-refractivity contribution in [2.24, 2.45) is 0 Å². The topological polar surface area (TPSA) is 145 Å². The van der Waals surface area contributed by atoms with E-state index in [-0.39, 0.29) is 10.8 Å². The smallest absolute Gasteiger partial charge is 0.357 e. The number of benzene rings is 1.